The maximum absolute atomic E-state index is 12.8. The second-order valence-electron chi connectivity index (χ2n) is 7.06. The molecule has 2 atom stereocenters. The number of sulfonamides is 1. The average molecular weight is 362 g/mol. The lowest BCUT2D eigenvalue weighted by molar-refractivity contribution is -0.0158. The number of rotatable bonds is 7. The van der Waals surface area contributed by atoms with Crippen molar-refractivity contribution in [2.45, 2.75) is 50.7 Å². The largest absolute Gasteiger partial charge is 0.388 e. The van der Waals surface area contributed by atoms with Gasteiger partial charge in [0.15, 0.2) is 0 Å². The highest BCUT2D eigenvalue weighted by atomic mass is 32.2. The minimum atomic E-state index is -3.72. The predicted octanol–water partition coefficient (Wildman–Crippen LogP) is 3.29. The van der Waals surface area contributed by atoms with Crippen LogP contribution in [0.1, 0.15) is 31.9 Å². The molecule has 136 valence electrons. The van der Waals surface area contributed by atoms with Crippen molar-refractivity contribution in [3.8, 4) is 0 Å². The summed E-state index contributed by atoms with van der Waals surface area (Å²) in [4.78, 5) is 0.204. The minimum absolute atomic E-state index is 0.109. The van der Waals surface area contributed by atoms with Crippen molar-refractivity contribution in [3.05, 3.63) is 65.7 Å². The second kappa shape index (κ2) is 7.68. The van der Waals surface area contributed by atoms with Gasteiger partial charge in [-0.05, 0) is 43.9 Å². The van der Waals surface area contributed by atoms with E-state index in [1.165, 1.54) is 0 Å². The van der Waals surface area contributed by atoms with Gasteiger partial charge in [-0.25, -0.2) is 13.1 Å². The molecule has 0 aliphatic carbocycles. The fourth-order valence-corrected chi connectivity index (χ4v) is 3.92. The highest BCUT2D eigenvalue weighted by Gasteiger charge is 2.37. The van der Waals surface area contributed by atoms with E-state index in [9.17, 15) is 13.5 Å². The highest BCUT2D eigenvalue weighted by Crippen LogP contribution is 2.25. The van der Waals surface area contributed by atoms with Gasteiger partial charge >= 0.3 is 0 Å². The van der Waals surface area contributed by atoms with Gasteiger partial charge in [0.25, 0.3) is 0 Å². The summed E-state index contributed by atoms with van der Waals surface area (Å²) in [5, 5.41) is 10.9. The first kappa shape index (κ1) is 19.6. The standard InChI is InChI=1S/C20H27NO3S/c1-15(2)20(4,22)19(14-17-8-6-5-7-9-17)21-25(23,24)18-12-10-16(3)11-13-18/h5-13,15,19,21-22H,14H2,1-4H3/t19-,20-/m1/s1. The van der Waals surface area contributed by atoms with Gasteiger partial charge in [-0.1, -0.05) is 61.9 Å². The monoisotopic (exact) mass is 361 g/mol. The molecule has 0 bridgehead atoms. The summed E-state index contributed by atoms with van der Waals surface area (Å²) in [6.45, 7) is 7.37. The number of hydrogen-bond donors (Lipinski definition) is 2. The number of hydrogen-bond acceptors (Lipinski definition) is 3. The Kier molecular flexibility index (Phi) is 6.03. The van der Waals surface area contributed by atoms with Crippen molar-refractivity contribution in [2.24, 2.45) is 5.92 Å². The van der Waals surface area contributed by atoms with Crippen LogP contribution in [0.2, 0.25) is 0 Å². The first-order valence-electron chi connectivity index (χ1n) is 8.48. The van der Waals surface area contributed by atoms with E-state index in [0.717, 1.165) is 11.1 Å². The van der Waals surface area contributed by atoms with Gasteiger partial charge in [0.2, 0.25) is 10.0 Å². The summed E-state index contributed by atoms with van der Waals surface area (Å²) in [5.41, 5.74) is 0.780. The maximum atomic E-state index is 12.8. The smallest absolute Gasteiger partial charge is 0.240 e. The lowest BCUT2D eigenvalue weighted by Crippen LogP contribution is -2.54. The number of aryl methyl sites for hydroxylation is 1. The van der Waals surface area contributed by atoms with Crippen LogP contribution >= 0.6 is 0 Å². The van der Waals surface area contributed by atoms with Crippen LogP contribution in [0.4, 0.5) is 0 Å². The van der Waals surface area contributed by atoms with Crippen molar-refractivity contribution in [3.63, 3.8) is 0 Å². The second-order valence-corrected chi connectivity index (χ2v) is 8.77. The number of aliphatic hydroxyl groups is 1. The van der Waals surface area contributed by atoms with Gasteiger partial charge in [-0.15, -0.1) is 0 Å². The van der Waals surface area contributed by atoms with E-state index < -0.39 is 21.7 Å². The molecule has 0 amide bonds. The van der Waals surface area contributed by atoms with Crippen LogP contribution in [0, 0.1) is 12.8 Å². The van der Waals surface area contributed by atoms with Crippen molar-refractivity contribution >= 4 is 10.0 Å². The first-order chi connectivity index (χ1) is 11.6. The minimum Gasteiger partial charge on any atom is -0.388 e. The first-order valence-corrected chi connectivity index (χ1v) is 9.96. The third-order valence-corrected chi connectivity index (χ3v) is 6.27. The molecule has 0 heterocycles. The van der Waals surface area contributed by atoms with Gasteiger partial charge in [0.05, 0.1) is 16.5 Å². The predicted molar refractivity (Wildman–Crippen MR) is 101 cm³/mol. The lowest BCUT2D eigenvalue weighted by atomic mass is 9.82. The fourth-order valence-electron chi connectivity index (χ4n) is 2.59. The molecule has 2 aromatic carbocycles. The lowest BCUT2D eigenvalue weighted by Gasteiger charge is -2.37. The van der Waals surface area contributed by atoms with Crippen molar-refractivity contribution in [1.29, 1.82) is 0 Å². The Bertz CT molecular complexity index is 781. The summed E-state index contributed by atoms with van der Waals surface area (Å²) >= 11 is 0. The van der Waals surface area contributed by atoms with Crippen LogP contribution in [0.15, 0.2) is 59.5 Å². The zero-order chi connectivity index (χ0) is 18.7. The van der Waals surface area contributed by atoms with E-state index >= 15 is 0 Å². The summed E-state index contributed by atoms with van der Waals surface area (Å²) in [6, 6.07) is 15.7. The fraction of sp³-hybridized carbons (Fsp3) is 0.400. The van der Waals surface area contributed by atoms with Gasteiger partial charge in [-0.2, -0.15) is 0 Å². The molecule has 2 aromatic rings. The number of benzene rings is 2. The summed E-state index contributed by atoms with van der Waals surface area (Å²) in [7, 11) is -3.72. The Labute approximate surface area is 151 Å². The van der Waals surface area contributed by atoms with Crippen LogP contribution in [-0.4, -0.2) is 25.2 Å². The molecule has 2 rings (SSSR count). The molecule has 0 fully saturated rings. The summed E-state index contributed by atoms with van der Waals surface area (Å²) in [5.74, 6) is -0.109. The highest BCUT2D eigenvalue weighted by molar-refractivity contribution is 7.89. The quantitative estimate of drug-likeness (QED) is 0.795. The van der Waals surface area contributed by atoms with Gasteiger partial charge in [0.1, 0.15) is 0 Å². The molecule has 0 radical (unpaired) electrons. The molecular weight excluding hydrogens is 334 g/mol. The van der Waals surface area contributed by atoms with E-state index in [4.69, 9.17) is 0 Å². The zero-order valence-electron chi connectivity index (χ0n) is 15.2. The van der Waals surface area contributed by atoms with E-state index in [-0.39, 0.29) is 10.8 Å². The Hall–Kier alpha value is -1.69. The van der Waals surface area contributed by atoms with E-state index in [1.807, 2.05) is 51.1 Å². The van der Waals surface area contributed by atoms with E-state index in [1.54, 1.807) is 31.2 Å². The van der Waals surface area contributed by atoms with Crippen LogP contribution in [-0.2, 0) is 16.4 Å². The topological polar surface area (TPSA) is 66.4 Å². The Balaban J connectivity index is 2.33. The van der Waals surface area contributed by atoms with E-state index in [0.29, 0.717) is 6.42 Å². The van der Waals surface area contributed by atoms with Crippen molar-refractivity contribution in [1.82, 2.24) is 4.72 Å². The maximum Gasteiger partial charge on any atom is 0.240 e. The average Bonchev–Trinajstić information content (AvgIpc) is 2.55. The van der Waals surface area contributed by atoms with Crippen molar-refractivity contribution < 1.29 is 13.5 Å². The van der Waals surface area contributed by atoms with Crippen LogP contribution in [0.5, 0.6) is 0 Å². The van der Waals surface area contributed by atoms with E-state index in [2.05, 4.69) is 4.72 Å². The zero-order valence-corrected chi connectivity index (χ0v) is 16.0. The normalized spacial score (nSPS) is 15.8. The van der Waals surface area contributed by atoms with Gasteiger partial charge in [0, 0.05) is 0 Å². The molecule has 0 spiro atoms. The molecule has 0 aromatic heterocycles. The van der Waals surface area contributed by atoms with Crippen LogP contribution in [0.3, 0.4) is 0 Å². The Morgan fingerprint density at radius 1 is 1.04 bits per heavy atom. The molecule has 25 heavy (non-hydrogen) atoms. The molecule has 0 aliphatic heterocycles. The molecule has 2 N–H and O–H groups in total. The number of nitrogens with one attached hydrogen (secondary N) is 1. The molecule has 4 nitrogen and oxygen atoms in total. The summed E-state index contributed by atoms with van der Waals surface area (Å²) < 4.78 is 28.3. The molecule has 0 unspecified atom stereocenters. The molecule has 0 saturated heterocycles. The molecule has 0 saturated carbocycles. The molecule has 0 aliphatic rings. The third kappa shape index (κ3) is 4.91. The Morgan fingerprint density at radius 2 is 1.60 bits per heavy atom. The molecular formula is C20H27NO3S. The Morgan fingerprint density at radius 3 is 2.12 bits per heavy atom. The van der Waals surface area contributed by atoms with Crippen LogP contribution in [0.25, 0.3) is 0 Å². The SMILES string of the molecule is Cc1ccc(S(=O)(=O)N[C@H](Cc2ccccc2)[C@](C)(O)C(C)C)cc1. The van der Waals surface area contributed by atoms with Gasteiger partial charge < -0.3 is 5.11 Å². The third-order valence-electron chi connectivity index (χ3n) is 4.79. The van der Waals surface area contributed by atoms with Crippen molar-refractivity contribution in [2.75, 3.05) is 0 Å². The molecule has 5 heteroatoms. The van der Waals surface area contributed by atoms with Crippen LogP contribution < -0.4 is 4.72 Å². The summed E-state index contributed by atoms with van der Waals surface area (Å²) in [6.07, 6.45) is 0.414. The van der Waals surface area contributed by atoms with Gasteiger partial charge in [-0.3, -0.25) is 0 Å².